The molecule has 0 aliphatic heterocycles. The van der Waals surface area contributed by atoms with E-state index < -0.39 is 0 Å². The lowest BCUT2D eigenvalue weighted by Crippen LogP contribution is -2.28. The highest BCUT2D eigenvalue weighted by Crippen LogP contribution is 2.45. The van der Waals surface area contributed by atoms with Gasteiger partial charge in [0.25, 0.3) is 5.91 Å². The molecule has 3 aromatic heterocycles. The van der Waals surface area contributed by atoms with Gasteiger partial charge < -0.3 is 14.7 Å². The average Bonchev–Trinajstić information content (AvgIpc) is 3.53. The zero-order valence-corrected chi connectivity index (χ0v) is 20.1. The Morgan fingerprint density at radius 3 is 2.91 bits per heavy atom. The summed E-state index contributed by atoms with van der Waals surface area (Å²) in [5.41, 5.74) is 4.24. The molecule has 0 radical (unpaired) electrons. The van der Waals surface area contributed by atoms with Crippen molar-refractivity contribution in [2.24, 2.45) is 16.3 Å². The first-order valence-corrected chi connectivity index (χ1v) is 12.3. The number of benzene rings is 1. The number of nitrogens with zero attached hydrogens (tertiary/aromatic N) is 1. The van der Waals surface area contributed by atoms with Crippen LogP contribution in [0.2, 0.25) is 0 Å². The first kappa shape index (κ1) is 21.7. The molecular formula is C27H29N3O2S. The van der Waals surface area contributed by atoms with Crippen LogP contribution >= 0.6 is 11.3 Å². The van der Waals surface area contributed by atoms with E-state index in [2.05, 4.69) is 43.2 Å². The highest BCUT2D eigenvalue weighted by molar-refractivity contribution is 7.16. The van der Waals surface area contributed by atoms with E-state index in [4.69, 9.17) is 9.41 Å². The minimum absolute atomic E-state index is 0.0795. The summed E-state index contributed by atoms with van der Waals surface area (Å²) >= 11 is 1.67. The van der Waals surface area contributed by atoms with Crippen LogP contribution in [-0.4, -0.2) is 17.1 Å². The summed E-state index contributed by atoms with van der Waals surface area (Å²) in [5, 5.41) is 4.95. The lowest BCUT2D eigenvalue weighted by molar-refractivity contribution is 0.0947. The zero-order valence-electron chi connectivity index (χ0n) is 19.3. The molecule has 33 heavy (non-hydrogen) atoms. The van der Waals surface area contributed by atoms with Crippen molar-refractivity contribution >= 4 is 39.4 Å². The van der Waals surface area contributed by atoms with Crippen LogP contribution in [0, 0.1) is 11.3 Å². The van der Waals surface area contributed by atoms with E-state index in [1.54, 1.807) is 17.6 Å². The number of carbonyl (C=O) groups excluding carboxylic acids is 1. The van der Waals surface area contributed by atoms with E-state index in [0.717, 1.165) is 52.1 Å². The molecule has 0 saturated carbocycles. The molecule has 1 aliphatic carbocycles. The van der Waals surface area contributed by atoms with Gasteiger partial charge in [-0.1, -0.05) is 39.0 Å². The van der Waals surface area contributed by atoms with Crippen molar-refractivity contribution in [3.8, 4) is 0 Å². The van der Waals surface area contributed by atoms with Gasteiger partial charge in [0.05, 0.1) is 18.4 Å². The van der Waals surface area contributed by atoms with Crippen LogP contribution in [-0.2, 0) is 19.4 Å². The number of aromatic amines is 1. The summed E-state index contributed by atoms with van der Waals surface area (Å²) in [6.07, 6.45) is 8.48. The van der Waals surface area contributed by atoms with Crippen LogP contribution in [0.15, 0.2) is 58.3 Å². The molecule has 0 bridgehead atoms. The molecule has 4 aromatic rings. The maximum Gasteiger partial charge on any atom is 0.255 e. The van der Waals surface area contributed by atoms with E-state index in [1.165, 1.54) is 10.4 Å². The van der Waals surface area contributed by atoms with Crippen LogP contribution in [0.3, 0.4) is 0 Å². The summed E-state index contributed by atoms with van der Waals surface area (Å²) in [6, 6.07) is 11.9. The lowest BCUT2D eigenvalue weighted by atomic mass is 9.72. The third-order valence-corrected chi connectivity index (χ3v) is 7.81. The third kappa shape index (κ3) is 4.40. The van der Waals surface area contributed by atoms with E-state index in [1.807, 2.05) is 36.7 Å². The predicted octanol–water partition coefficient (Wildman–Crippen LogP) is 6.65. The molecule has 0 spiro atoms. The molecule has 1 atom stereocenters. The molecule has 2 N–H and O–H groups in total. The number of aliphatic imine (C=N–C) groups is 1. The molecule has 6 heteroatoms. The number of nitrogens with one attached hydrogen (secondary N) is 2. The second kappa shape index (κ2) is 8.67. The van der Waals surface area contributed by atoms with Crippen molar-refractivity contribution < 1.29 is 9.21 Å². The number of amides is 1. The Morgan fingerprint density at radius 2 is 2.12 bits per heavy atom. The van der Waals surface area contributed by atoms with Crippen molar-refractivity contribution in [1.82, 2.24) is 10.3 Å². The van der Waals surface area contributed by atoms with Gasteiger partial charge in [-0.05, 0) is 54.4 Å². The van der Waals surface area contributed by atoms with Gasteiger partial charge in [-0.2, -0.15) is 0 Å². The Kier molecular flexibility index (Phi) is 5.71. The number of furan rings is 1. The van der Waals surface area contributed by atoms with Crippen LogP contribution in [0.5, 0.6) is 0 Å². The molecule has 5 rings (SSSR count). The smallest absolute Gasteiger partial charge is 0.255 e. The van der Waals surface area contributed by atoms with Gasteiger partial charge in [0.2, 0.25) is 0 Å². The van der Waals surface area contributed by atoms with Gasteiger partial charge in [0, 0.05) is 33.8 Å². The van der Waals surface area contributed by atoms with Gasteiger partial charge in [0.15, 0.2) is 0 Å². The van der Waals surface area contributed by atoms with Crippen molar-refractivity contribution in [2.75, 3.05) is 0 Å². The number of hydrogen-bond donors (Lipinski definition) is 2. The zero-order chi connectivity index (χ0) is 23.0. The van der Waals surface area contributed by atoms with Crippen LogP contribution in [0.25, 0.3) is 10.9 Å². The van der Waals surface area contributed by atoms with E-state index >= 15 is 0 Å². The Bertz CT molecular complexity index is 1310. The van der Waals surface area contributed by atoms with Crippen LogP contribution < -0.4 is 5.32 Å². The van der Waals surface area contributed by atoms with E-state index in [9.17, 15) is 4.79 Å². The van der Waals surface area contributed by atoms with Crippen molar-refractivity contribution in [3.05, 3.63) is 76.2 Å². The quantitative estimate of drug-likeness (QED) is 0.328. The van der Waals surface area contributed by atoms with Gasteiger partial charge in [-0.15, -0.1) is 11.3 Å². The van der Waals surface area contributed by atoms with Crippen molar-refractivity contribution in [1.29, 1.82) is 0 Å². The molecule has 0 saturated heterocycles. The number of rotatable bonds is 5. The van der Waals surface area contributed by atoms with Crippen molar-refractivity contribution in [3.63, 3.8) is 0 Å². The fourth-order valence-corrected chi connectivity index (χ4v) is 5.90. The van der Waals surface area contributed by atoms with E-state index in [0.29, 0.717) is 12.5 Å². The number of para-hydroxylation sites is 1. The van der Waals surface area contributed by atoms with Gasteiger partial charge in [-0.3, -0.25) is 4.79 Å². The fraction of sp³-hybridized carbons (Fsp3) is 0.333. The molecule has 3 heterocycles. The molecule has 1 aliphatic rings. The summed E-state index contributed by atoms with van der Waals surface area (Å²) in [6.45, 7) is 7.29. The normalized spacial score (nSPS) is 16.4. The maximum atomic E-state index is 13.3. The fourth-order valence-electron chi connectivity index (χ4n) is 4.63. The minimum Gasteiger partial charge on any atom is -0.467 e. The number of carbonyl (C=O) groups is 1. The first-order chi connectivity index (χ1) is 15.9. The Morgan fingerprint density at radius 1 is 1.27 bits per heavy atom. The predicted molar refractivity (Wildman–Crippen MR) is 135 cm³/mol. The third-order valence-electron chi connectivity index (χ3n) is 6.64. The average molecular weight is 460 g/mol. The van der Waals surface area contributed by atoms with Crippen LogP contribution in [0.1, 0.15) is 59.3 Å². The molecule has 0 fully saturated rings. The van der Waals surface area contributed by atoms with E-state index in [-0.39, 0.29) is 11.3 Å². The Balaban J connectivity index is 1.49. The second-order valence-corrected chi connectivity index (χ2v) is 10.9. The molecule has 170 valence electrons. The number of hydrogen-bond acceptors (Lipinski definition) is 4. The van der Waals surface area contributed by atoms with Gasteiger partial charge in [0.1, 0.15) is 10.8 Å². The molecule has 1 amide bonds. The standard InChI is InChI=1S/C27H29N3O2S/c1-27(2,3)18-10-11-21-23(13-18)33-26(24(21)25(31)29-16-19-7-6-12-32-19)30-15-17-14-28-22-9-5-4-8-20(17)22/h4-9,12,14-15,18,28H,10-11,13,16H2,1-3H3,(H,29,31)/t18-/m0/s1. The molecular weight excluding hydrogens is 430 g/mol. The summed E-state index contributed by atoms with van der Waals surface area (Å²) in [7, 11) is 0. The second-order valence-electron chi connectivity index (χ2n) is 9.80. The summed E-state index contributed by atoms with van der Waals surface area (Å²) < 4.78 is 5.39. The maximum absolute atomic E-state index is 13.3. The minimum atomic E-state index is -0.0795. The lowest BCUT2D eigenvalue weighted by Gasteiger charge is -2.33. The topological polar surface area (TPSA) is 70.4 Å². The molecule has 0 unspecified atom stereocenters. The first-order valence-electron chi connectivity index (χ1n) is 11.5. The highest BCUT2D eigenvalue weighted by Gasteiger charge is 2.33. The summed E-state index contributed by atoms with van der Waals surface area (Å²) in [5.74, 6) is 1.27. The number of thiophene rings is 1. The SMILES string of the molecule is CC(C)(C)[C@H]1CCc2c(sc(N=Cc3c[nH]c4ccccc34)c2C(=O)NCc2ccco2)C1. The van der Waals surface area contributed by atoms with Gasteiger partial charge in [-0.25, -0.2) is 4.99 Å². The highest BCUT2D eigenvalue weighted by atomic mass is 32.1. The van der Waals surface area contributed by atoms with Crippen LogP contribution in [0.4, 0.5) is 5.00 Å². The Hall–Kier alpha value is -3.12. The van der Waals surface area contributed by atoms with Crippen molar-refractivity contribution in [2.45, 2.75) is 46.6 Å². The monoisotopic (exact) mass is 459 g/mol. The summed E-state index contributed by atoms with van der Waals surface area (Å²) in [4.78, 5) is 22.8. The largest absolute Gasteiger partial charge is 0.467 e. The Labute approximate surface area is 197 Å². The molecule has 1 aromatic carbocycles. The number of H-pyrrole nitrogens is 1. The molecule has 5 nitrogen and oxygen atoms in total. The van der Waals surface area contributed by atoms with Gasteiger partial charge >= 0.3 is 0 Å². The number of aromatic nitrogens is 1. The number of fused-ring (bicyclic) bond motifs is 2.